The maximum absolute atomic E-state index is 13.7. The molecule has 0 aliphatic carbocycles. The molecule has 1 atom stereocenters. The van der Waals surface area contributed by atoms with Gasteiger partial charge in [0.05, 0.1) is 19.1 Å². The number of amides is 2. The zero-order valence-corrected chi connectivity index (χ0v) is 23.4. The Morgan fingerprint density at radius 3 is 2.37 bits per heavy atom. The van der Waals surface area contributed by atoms with Crippen molar-refractivity contribution < 1.29 is 22.7 Å². The Morgan fingerprint density at radius 2 is 1.83 bits per heavy atom. The van der Waals surface area contributed by atoms with Crippen molar-refractivity contribution >= 4 is 43.5 Å². The number of methoxy groups -OCH3 is 1. The summed E-state index contributed by atoms with van der Waals surface area (Å²) in [5.74, 6) is -0.147. The number of benzene rings is 2. The lowest BCUT2D eigenvalue weighted by molar-refractivity contribution is -0.140. The molecule has 2 amide bonds. The second-order valence-corrected chi connectivity index (χ2v) is 11.4. The number of hydrogen-bond donors (Lipinski definition) is 1. The van der Waals surface area contributed by atoms with E-state index in [2.05, 4.69) is 21.2 Å². The maximum Gasteiger partial charge on any atom is 0.244 e. The van der Waals surface area contributed by atoms with E-state index in [0.29, 0.717) is 17.9 Å². The van der Waals surface area contributed by atoms with Crippen LogP contribution in [0.1, 0.15) is 38.3 Å². The molecule has 0 bridgehead atoms. The van der Waals surface area contributed by atoms with Crippen LogP contribution >= 0.6 is 15.9 Å². The van der Waals surface area contributed by atoms with Crippen molar-refractivity contribution in [3.8, 4) is 5.75 Å². The first-order valence-corrected chi connectivity index (χ1v) is 14.0. The predicted molar refractivity (Wildman–Crippen MR) is 142 cm³/mol. The summed E-state index contributed by atoms with van der Waals surface area (Å²) in [4.78, 5) is 28.1. The SMILES string of the molecule is CCC(C(=O)NC(C)C)N(Cc1cccc(OC)c1)C(=O)CN(c1ccc(Br)c(C)c1)S(C)(=O)=O. The van der Waals surface area contributed by atoms with E-state index in [1.54, 1.807) is 43.5 Å². The van der Waals surface area contributed by atoms with Gasteiger partial charge >= 0.3 is 0 Å². The number of nitrogens with zero attached hydrogens (tertiary/aromatic N) is 2. The number of carbonyl (C=O) groups is 2. The topological polar surface area (TPSA) is 96.0 Å². The lowest BCUT2D eigenvalue weighted by atomic mass is 10.1. The summed E-state index contributed by atoms with van der Waals surface area (Å²) in [5.41, 5.74) is 1.97. The monoisotopic (exact) mass is 567 g/mol. The molecular weight excluding hydrogens is 534 g/mol. The second kappa shape index (κ2) is 12.4. The lowest BCUT2D eigenvalue weighted by Gasteiger charge is -2.33. The summed E-state index contributed by atoms with van der Waals surface area (Å²) in [7, 11) is -2.23. The fourth-order valence-corrected chi connectivity index (χ4v) is 4.75. The second-order valence-electron chi connectivity index (χ2n) is 8.66. The summed E-state index contributed by atoms with van der Waals surface area (Å²) < 4.78 is 32.6. The van der Waals surface area contributed by atoms with Gasteiger partial charge in [-0.25, -0.2) is 8.42 Å². The largest absolute Gasteiger partial charge is 0.497 e. The number of carbonyl (C=O) groups excluding carboxylic acids is 2. The molecule has 0 radical (unpaired) electrons. The van der Waals surface area contributed by atoms with Crippen molar-refractivity contribution in [2.45, 2.75) is 52.7 Å². The number of ether oxygens (including phenoxy) is 1. The molecule has 0 aromatic heterocycles. The van der Waals surface area contributed by atoms with Crippen LogP contribution in [0.4, 0.5) is 5.69 Å². The van der Waals surface area contributed by atoms with Crippen molar-refractivity contribution in [3.05, 3.63) is 58.1 Å². The molecule has 8 nitrogen and oxygen atoms in total. The maximum atomic E-state index is 13.7. The van der Waals surface area contributed by atoms with Crippen LogP contribution < -0.4 is 14.4 Å². The third-order valence-corrected chi connectivity index (χ3v) is 7.44. The number of aryl methyl sites for hydroxylation is 1. The van der Waals surface area contributed by atoms with E-state index in [-0.39, 0.29) is 18.5 Å². The molecule has 2 aromatic carbocycles. The zero-order chi connectivity index (χ0) is 26.3. The Hall–Kier alpha value is -2.59. The quantitative estimate of drug-likeness (QED) is 0.444. The first-order chi connectivity index (χ1) is 16.4. The summed E-state index contributed by atoms with van der Waals surface area (Å²) in [5, 5.41) is 2.87. The molecule has 35 heavy (non-hydrogen) atoms. The van der Waals surface area contributed by atoms with Crippen molar-refractivity contribution in [1.29, 1.82) is 0 Å². The van der Waals surface area contributed by atoms with E-state index in [1.165, 1.54) is 4.90 Å². The summed E-state index contributed by atoms with van der Waals surface area (Å²) in [6, 6.07) is 11.4. The Labute approximate surface area is 216 Å². The molecule has 192 valence electrons. The Morgan fingerprint density at radius 1 is 1.14 bits per heavy atom. The highest BCUT2D eigenvalue weighted by molar-refractivity contribution is 9.10. The molecule has 0 saturated heterocycles. The Bertz CT molecular complexity index is 1150. The fourth-order valence-electron chi connectivity index (χ4n) is 3.67. The van der Waals surface area contributed by atoms with E-state index in [0.717, 1.165) is 26.2 Å². The molecule has 1 unspecified atom stereocenters. The first kappa shape index (κ1) is 28.6. The van der Waals surface area contributed by atoms with Crippen LogP contribution in [-0.4, -0.2) is 57.1 Å². The summed E-state index contributed by atoms with van der Waals surface area (Å²) in [6.45, 7) is 7.05. The normalized spacial score (nSPS) is 12.2. The number of halogens is 1. The Kier molecular flexibility index (Phi) is 10.1. The number of anilines is 1. The standard InChI is InChI=1S/C25H34BrN3O5S/c1-7-23(25(31)27-17(2)3)28(15-19-9-8-10-21(14-19)34-5)24(30)16-29(35(6,32)33)20-11-12-22(26)18(4)13-20/h8-14,17,23H,7,15-16H2,1-6H3,(H,27,31). The van der Waals surface area contributed by atoms with Crippen LogP contribution in [0, 0.1) is 6.92 Å². The molecule has 0 aliphatic rings. The van der Waals surface area contributed by atoms with Gasteiger partial charge in [-0.05, 0) is 68.7 Å². The van der Waals surface area contributed by atoms with Crippen LogP contribution in [0.5, 0.6) is 5.75 Å². The van der Waals surface area contributed by atoms with Gasteiger partial charge in [0.1, 0.15) is 18.3 Å². The minimum absolute atomic E-state index is 0.108. The van der Waals surface area contributed by atoms with Gasteiger partial charge < -0.3 is 15.0 Å². The van der Waals surface area contributed by atoms with Gasteiger partial charge in [0.25, 0.3) is 0 Å². The molecule has 0 heterocycles. The van der Waals surface area contributed by atoms with E-state index < -0.39 is 28.5 Å². The van der Waals surface area contributed by atoms with E-state index >= 15 is 0 Å². The number of rotatable bonds is 11. The van der Waals surface area contributed by atoms with E-state index in [1.807, 2.05) is 33.8 Å². The highest BCUT2D eigenvalue weighted by Crippen LogP contribution is 2.25. The van der Waals surface area contributed by atoms with Crippen LogP contribution in [0.25, 0.3) is 0 Å². The van der Waals surface area contributed by atoms with Crippen molar-refractivity contribution in [2.75, 3.05) is 24.2 Å². The van der Waals surface area contributed by atoms with Gasteiger partial charge in [-0.15, -0.1) is 0 Å². The minimum Gasteiger partial charge on any atom is -0.497 e. The van der Waals surface area contributed by atoms with Crippen molar-refractivity contribution in [3.63, 3.8) is 0 Å². The lowest BCUT2D eigenvalue weighted by Crippen LogP contribution is -2.53. The zero-order valence-electron chi connectivity index (χ0n) is 21.0. The average Bonchev–Trinajstić information content (AvgIpc) is 2.78. The van der Waals surface area contributed by atoms with Gasteiger partial charge in [-0.2, -0.15) is 0 Å². The summed E-state index contributed by atoms with van der Waals surface area (Å²) in [6.07, 6.45) is 1.43. The number of nitrogens with one attached hydrogen (secondary N) is 1. The predicted octanol–water partition coefficient (Wildman–Crippen LogP) is 3.86. The highest BCUT2D eigenvalue weighted by atomic mass is 79.9. The molecule has 0 fully saturated rings. The van der Waals surface area contributed by atoms with Crippen molar-refractivity contribution in [1.82, 2.24) is 10.2 Å². The van der Waals surface area contributed by atoms with Crippen LogP contribution in [-0.2, 0) is 26.2 Å². The average molecular weight is 569 g/mol. The molecule has 2 rings (SSSR count). The highest BCUT2D eigenvalue weighted by Gasteiger charge is 2.32. The third kappa shape index (κ3) is 7.96. The Balaban J connectivity index is 2.47. The first-order valence-electron chi connectivity index (χ1n) is 11.3. The van der Waals surface area contributed by atoms with Gasteiger partial charge in [0, 0.05) is 17.1 Å². The third-order valence-electron chi connectivity index (χ3n) is 5.41. The van der Waals surface area contributed by atoms with Gasteiger partial charge in [-0.3, -0.25) is 13.9 Å². The minimum atomic E-state index is -3.78. The molecular formula is C25H34BrN3O5S. The van der Waals surface area contributed by atoms with Gasteiger partial charge in [0.15, 0.2) is 0 Å². The molecule has 10 heteroatoms. The van der Waals surface area contributed by atoms with Gasteiger partial charge in [0.2, 0.25) is 21.8 Å². The number of sulfonamides is 1. The van der Waals surface area contributed by atoms with Crippen LogP contribution in [0.15, 0.2) is 46.9 Å². The molecule has 2 aromatic rings. The van der Waals surface area contributed by atoms with Crippen LogP contribution in [0.2, 0.25) is 0 Å². The van der Waals surface area contributed by atoms with E-state index in [4.69, 9.17) is 4.74 Å². The molecule has 0 aliphatic heterocycles. The number of hydrogen-bond acceptors (Lipinski definition) is 5. The van der Waals surface area contributed by atoms with E-state index in [9.17, 15) is 18.0 Å². The molecule has 0 spiro atoms. The van der Waals surface area contributed by atoms with Crippen LogP contribution in [0.3, 0.4) is 0 Å². The summed E-state index contributed by atoms with van der Waals surface area (Å²) >= 11 is 3.42. The molecule has 1 N–H and O–H groups in total. The smallest absolute Gasteiger partial charge is 0.244 e. The fraction of sp³-hybridized carbons (Fsp3) is 0.440. The molecule has 0 saturated carbocycles. The van der Waals surface area contributed by atoms with Crippen molar-refractivity contribution in [2.24, 2.45) is 0 Å². The van der Waals surface area contributed by atoms with Gasteiger partial charge in [-0.1, -0.05) is 35.0 Å².